The number of nitrogens with one attached hydrogen (secondary N) is 1. The number of ether oxygens (including phenoxy) is 1. The number of oxime groups is 3. The van der Waals surface area contributed by atoms with Gasteiger partial charge in [-0.2, -0.15) is 0 Å². The minimum absolute atomic E-state index is 0.141. The molecular weight excluding hydrogens is 436 g/mol. The lowest BCUT2D eigenvalue weighted by molar-refractivity contribution is -0.114. The molecule has 2 aromatic rings. The van der Waals surface area contributed by atoms with Crippen molar-refractivity contribution in [1.82, 2.24) is 5.32 Å². The Hall–Kier alpha value is -3.88. The molecule has 0 radical (unpaired) electrons. The Morgan fingerprint density at radius 1 is 1.09 bits per heavy atom. The van der Waals surface area contributed by atoms with E-state index >= 15 is 0 Å². The molecule has 0 aromatic heterocycles. The van der Waals surface area contributed by atoms with Gasteiger partial charge in [-0.3, -0.25) is 4.79 Å². The molecule has 0 spiro atoms. The monoisotopic (exact) mass is 468 g/mol. The molecule has 0 heterocycles. The molecule has 9 heteroatoms. The summed E-state index contributed by atoms with van der Waals surface area (Å²) in [6.07, 6.45) is 1.93. The molecule has 0 aliphatic carbocycles. The molecule has 1 atom stereocenters. The number of nitrogens with zero attached hydrogens (tertiary/aromatic N) is 3. The largest absolute Gasteiger partial charge is 0.494 e. The Morgan fingerprint density at radius 2 is 1.82 bits per heavy atom. The zero-order valence-corrected chi connectivity index (χ0v) is 20.5. The second-order valence-electron chi connectivity index (χ2n) is 7.26. The van der Waals surface area contributed by atoms with Crippen molar-refractivity contribution in [3.8, 4) is 5.75 Å². The maximum absolute atomic E-state index is 12.3. The number of hydrogen-bond donors (Lipinski definition) is 1. The molecule has 182 valence electrons. The van der Waals surface area contributed by atoms with E-state index < -0.39 is 6.10 Å². The molecule has 0 fully saturated rings. The average molecular weight is 469 g/mol. The van der Waals surface area contributed by atoms with Crippen molar-refractivity contribution in [2.45, 2.75) is 33.3 Å². The summed E-state index contributed by atoms with van der Waals surface area (Å²) in [6, 6.07) is 13.0. The summed E-state index contributed by atoms with van der Waals surface area (Å²) in [5.41, 5.74) is 3.73. The number of benzene rings is 2. The molecule has 1 amide bonds. The van der Waals surface area contributed by atoms with Gasteiger partial charge < -0.3 is 24.6 Å². The molecule has 0 saturated heterocycles. The van der Waals surface area contributed by atoms with Crippen LogP contribution in [0.25, 0.3) is 0 Å². The Balaban J connectivity index is 2.25. The Morgan fingerprint density at radius 3 is 2.47 bits per heavy atom. The van der Waals surface area contributed by atoms with Gasteiger partial charge >= 0.3 is 0 Å². The fraction of sp³-hybridized carbons (Fsp3) is 0.360. The standard InChI is InChI=1S/C25H32N4O5/c1-7-14-33-19-12-13-20(17(2)15-19)23(28-31-5)16-27-34-18(3)21-10-8-9-11-22(21)24(29-32-6)25(30)26-4/h8-13,15-16,18H,7,14H2,1-6H3,(H,26,30). The Bertz CT molecular complexity index is 1050. The SMILES string of the molecule is CCCOc1ccc(C(C=NOC(C)c2ccccc2C(=NOC)C(=O)NC)=NOC)c(C)c1. The summed E-state index contributed by atoms with van der Waals surface area (Å²) in [4.78, 5) is 27.9. The molecule has 2 rings (SSSR count). The Kier molecular flexibility index (Phi) is 10.6. The first-order valence-electron chi connectivity index (χ1n) is 10.9. The van der Waals surface area contributed by atoms with Crippen molar-refractivity contribution in [2.24, 2.45) is 15.5 Å². The van der Waals surface area contributed by atoms with Crippen LogP contribution in [0.1, 0.15) is 48.6 Å². The van der Waals surface area contributed by atoms with Gasteiger partial charge in [-0.25, -0.2) is 0 Å². The van der Waals surface area contributed by atoms with Gasteiger partial charge in [0, 0.05) is 23.7 Å². The number of carbonyl (C=O) groups excluding carboxylic acids is 1. The third-order valence-electron chi connectivity index (χ3n) is 4.81. The maximum atomic E-state index is 12.3. The summed E-state index contributed by atoms with van der Waals surface area (Å²) >= 11 is 0. The fourth-order valence-corrected chi connectivity index (χ4v) is 3.19. The van der Waals surface area contributed by atoms with Crippen LogP contribution in [-0.4, -0.2) is 51.4 Å². The van der Waals surface area contributed by atoms with Gasteiger partial charge in [0.25, 0.3) is 5.91 Å². The molecule has 0 aliphatic heterocycles. The van der Waals surface area contributed by atoms with Gasteiger partial charge in [-0.05, 0) is 44.0 Å². The van der Waals surface area contributed by atoms with Crippen LogP contribution in [-0.2, 0) is 19.3 Å². The molecule has 1 N–H and O–H groups in total. The van der Waals surface area contributed by atoms with E-state index in [1.54, 1.807) is 6.07 Å². The summed E-state index contributed by atoms with van der Waals surface area (Å²) in [7, 11) is 4.38. The lowest BCUT2D eigenvalue weighted by Gasteiger charge is -2.15. The molecule has 9 nitrogen and oxygen atoms in total. The van der Waals surface area contributed by atoms with Gasteiger partial charge in [0.2, 0.25) is 0 Å². The quantitative estimate of drug-likeness (QED) is 0.375. The summed E-state index contributed by atoms with van der Waals surface area (Å²) in [5.74, 6) is 0.421. The van der Waals surface area contributed by atoms with Crippen LogP contribution in [0.4, 0.5) is 0 Å². The number of hydrogen-bond acceptors (Lipinski definition) is 8. The molecule has 0 bridgehead atoms. The number of rotatable bonds is 12. The van der Waals surface area contributed by atoms with Crippen molar-refractivity contribution in [3.63, 3.8) is 0 Å². The fourth-order valence-electron chi connectivity index (χ4n) is 3.19. The van der Waals surface area contributed by atoms with Gasteiger partial charge in [0.15, 0.2) is 5.71 Å². The minimum Gasteiger partial charge on any atom is -0.494 e. The number of amides is 1. The topological polar surface area (TPSA) is 103 Å². The van der Waals surface area contributed by atoms with Crippen LogP contribution in [0.2, 0.25) is 0 Å². The van der Waals surface area contributed by atoms with Gasteiger partial charge in [0.1, 0.15) is 31.8 Å². The molecule has 2 aromatic carbocycles. The van der Waals surface area contributed by atoms with Crippen molar-refractivity contribution >= 4 is 23.5 Å². The van der Waals surface area contributed by atoms with E-state index in [1.807, 2.05) is 50.2 Å². The third kappa shape index (κ3) is 7.06. The smallest absolute Gasteiger partial charge is 0.273 e. The van der Waals surface area contributed by atoms with Gasteiger partial charge in [0.05, 0.1) is 12.8 Å². The first kappa shape index (κ1) is 26.4. The molecule has 34 heavy (non-hydrogen) atoms. The van der Waals surface area contributed by atoms with Gasteiger partial charge in [-0.15, -0.1) is 0 Å². The molecule has 0 saturated carbocycles. The van der Waals surface area contributed by atoms with Crippen molar-refractivity contribution in [2.75, 3.05) is 27.9 Å². The van der Waals surface area contributed by atoms with Crippen molar-refractivity contribution in [3.05, 3.63) is 64.7 Å². The van der Waals surface area contributed by atoms with E-state index in [0.717, 1.165) is 28.9 Å². The molecule has 0 aliphatic rings. The van der Waals surface area contributed by atoms with E-state index in [4.69, 9.17) is 19.2 Å². The second-order valence-corrected chi connectivity index (χ2v) is 7.26. The average Bonchev–Trinajstić information content (AvgIpc) is 2.85. The van der Waals surface area contributed by atoms with Crippen molar-refractivity contribution < 1.29 is 24.0 Å². The van der Waals surface area contributed by atoms with Crippen LogP contribution >= 0.6 is 0 Å². The van der Waals surface area contributed by atoms with Crippen LogP contribution < -0.4 is 10.1 Å². The molecule has 1 unspecified atom stereocenters. The van der Waals surface area contributed by atoms with E-state index in [-0.39, 0.29) is 11.6 Å². The second kappa shape index (κ2) is 13.6. The van der Waals surface area contributed by atoms with Crippen molar-refractivity contribution in [1.29, 1.82) is 0 Å². The Labute approximate surface area is 200 Å². The number of carbonyl (C=O) groups is 1. The summed E-state index contributed by atoms with van der Waals surface area (Å²) in [6.45, 7) is 6.50. The predicted octanol–water partition coefficient (Wildman–Crippen LogP) is 3.99. The predicted molar refractivity (Wildman–Crippen MR) is 133 cm³/mol. The highest BCUT2D eigenvalue weighted by molar-refractivity contribution is 6.45. The minimum atomic E-state index is -0.492. The van der Waals surface area contributed by atoms with E-state index in [0.29, 0.717) is 17.9 Å². The maximum Gasteiger partial charge on any atom is 0.273 e. The van der Waals surface area contributed by atoms with E-state index in [2.05, 4.69) is 27.7 Å². The van der Waals surface area contributed by atoms with Crippen LogP contribution in [0.15, 0.2) is 57.9 Å². The number of likely N-dealkylation sites (N-methyl/N-ethyl adjacent to an activating group) is 1. The highest BCUT2D eigenvalue weighted by Gasteiger charge is 2.21. The summed E-state index contributed by atoms with van der Waals surface area (Å²) in [5, 5.41) is 14.7. The lowest BCUT2D eigenvalue weighted by atomic mass is 9.99. The first-order chi connectivity index (χ1) is 16.5. The third-order valence-corrected chi connectivity index (χ3v) is 4.81. The zero-order valence-electron chi connectivity index (χ0n) is 20.5. The normalized spacial score (nSPS) is 12.9. The lowest BCUT2D eigenvalue weighted by Crippen LogP contribution is -2.29. The first-order valence-corrected chi connectivity index (χ1v) is 10.9. The zero-order chi connectivity index (χ0) is 24.9. The van der Waals surface area contributed by atoms with E-state index in [9.17, 15) is 4.79 Å². The molecular formula is C25H32N4O5. The van der Waals surface area contributed by atoms with Crippen LogP contribution in [0.3, 0.4) is 0 Å². The van der Waals surface area contributed by atoms with Gasteiger partial charge in [-0.1, -0.05) is 46.7 Å². The summed E-state index contributed by atoms with van der Waals surface area (Å²) < 4.78 is 5.69. The highest BCUT2D eigenvalue weighted by Crippen LogP contribution is 2.23. The van der Waals surface area contributed by atoms with Crippen LogP contribution in [0, 0.1) is 6.92 Å². The number of aryl methyl sites for hydroxylation is 1. The highest BCUT2D eigenvalue weighted by atomic mass is 16.6. The van der Waals surface area contributed by atoms with Crippen LogP contribution in [0.5, 0.6) is 5.75 Å². The van der Waals surface area contributed by atoms with E-state index in [1.165, 1.54) is 27.5 Å².